The highest BCUT2D eigenvalue weighted by Gasteiger charge is 2.16. The molecule has 0 fully saturated rings. The number of amides is 1. The van der Waals surface area contributed by atoms with Gasteiger partial charge in [0.25, 0.3) is 0 Å². The van der Waals surface area contributed by atoms with Crippen molar-refractivity contribution in [1.82, 2.24) is 0 Å². The summed E-state index contributed by atoms with van der Waals surface area (Å²) < 4.78 is 27.0. The molecular formula is C11H12F2N2O3. The van der Waals surface area contributed by atoms with E-state index in [1.807, 2.05) is 0 Å². The minimum absolute atomic E-state index is 0.0977. The van der Waals surface area contributed by atoms with Crippen molar-refractivity contribution in [3.8, 4) is 0 Å². The smallest absolute Gasteiger partial charge is 0.335 e. The summed E-state index contributed by atoms with van der Waals surface area (Å²) in [6, 6.07) is 0.831. The van der Waals surface area contributed by atoms with E-state index in [0.29, 0.717) is 12.1 Å². The number of carbonyl (C=O) groups excluding carboxylic acids is 1. The fourth-order valence-corrected chi connectivity index (χ4v) is 1.43. The first-order valence-corrected chi connectivity index (χ1v) is 5.08. The second-order valence-corrected chi connectivity index (χ2v) is 3.84. The van der Waals surface area contributed by atoms with E-state index in [9.17, 15) is 18.4 Å². The third-order valence-electron chi connectivity index (χ3n) is 2.19. The molecule has 1 aromatic carbocycles. The lowest BCUT2D eigenvalue weighted by Gasteiger charge is -2.15. The Balaban J connectivity index is 2.96. The highest BCUT2D eigenvalue weighted by atomic mass is 19.1. The lowest BCUT2D eigenvalue weighted by Crippen LogP contribution is -2.25. The first-order chi connectivity index (χ1) is 8.31. The highest BCUT2D eigenvalue weighted by molar-refractivity contribution is 5.88. The largest absolute Gasteiger partial charge is 0.478 e. The van der Waals surface area contributed by atoms with Gasteiger partial charge in [-0.05, 0) is 19.1 Å². The molecule has 0 saturated heterocycles. The molecule has 4 N–H and O–H groups in total. The molecule has 1 aromatic rings. The average Bonchev–Trinajstić information content (AvgIpc) is 2.21. The van der Waals surface area contributed by atoms with Gasteiger partial charge in [0, 0.05) is 12.5 Å². The summed E-state index contributed by atoms with van der Waals surface area (Å²) in [6.07, 6.45) is -0.0977. The summed E-state index contributed by atoms with van der Waals surface area (Å²) in [7, 11) is 0. The molecule has 1 amide bonds. The van der Waals surface area contributed by atoms with Crippen LogP contribution >= 0.6 is 0 Å². The molecule has 0 aromatic heterocycles. The summed E-state index contributed by atoms with van der Waals surface area (Å²) in [5.74, 6) is -4.12. The third kappa shape index (κ3) is 3.41. The molecule has 0 spiro atoms. The van der Waals surface area contributed by atoms with Gasteiger partial charge in [0.2, 0.25) is 5.91 Å². The first-order valence-electron chi connectivity index (χ1n) is 5.08. The molecule has 7 heteroatoms. The zero-order chi connectivity index (χ0) is 13.9. The van der Waals surface area contributed by atoms with Gasteiger partial charge in [0.1, 0.15) is 17.3 Å². The predicted octanol–water partition coefficient (Wildman–Crippen LogP) is 1.34. The van der Waals surface area contributed by atoms with Gasteiger partial charge < -0.3 is 16.2 Å². The quantitative estimate of drug-likeness (QED) is 0.743. The Bertz CT molecular complexity index is 468. The van der Waals surface area contributed by atoms with Crippen molar-refractivity contribution < 1.29 is 23.5 Å². The van der Waals surface area contributed by atoms with Crippen LogP contribution in [0.2, 0.25) is 0 Å². The molecule has 0 aliphatic heterocycles. The molecule has 0 aliphatic carbocycles. The van der Waals surface area contributed by atoms with E-state index in [4.69, 9.17) is 10.8 Å². The highest BCUT2D eigenvalue weighted by Crippen LogP contribution is 2.22. The standard InChI is InChI=1S/C11H12F2N2O3/c1-5(2-9(14)16)15-10-7(12)3-6(11(17)18)4-8(10)13/h3-5,15H,2H2,1H3,(H2,14,16)(H,17,18). The van der Waals surface area contributed by atoms with Gasteiger partial charge in [-0.3, -0.25) is 4.79 Å². The van der Waals surface area contributed by atoms with Crippen LogP contribution in [0.3, 0.4) is 0 Å². The Kier molecular flexibility index (Phi) is 4.19. The van der Waals surface area contributed by atoms with Gasteiger partial charge >= 0.3 is 5.97 Å². The average molecular weight is 258 g/mol. The lowest BCUT2D eigenvalue weighted by atomic mass is 10.1. The Hall–Kier alpha value is -2.18. The number of carboxylic acid groups (broad SMARTS) is 1. The van der Waals surface area contributed by atoms with Crippen LogP contribution < -0.4 is 11.1 Å². The van der Waals surface area contributed by atoms with Crippen LogP contribution in [0, 0.1) is 11.6 Å². The lowest BCUT2D eigenvalue weighted by molar-refractivity contribution is -0.118. The monoisotopic (exact) mass is 258 g/mol. The van der Waals surface area contributed by atoms with E-state index >= 15 is 0 Å². The Morgan fingerprint density at radius 1 is 1.39 bits per heavy atom. The number of aromatic carboxylic acids is 1. The van der Waals surface area contributed by atoms with E-state index in [2.05, 4.69) is 5.32 Å². The van der Waals surface area contributed by atoms with E-state index < -0.39 is 40.8 Å². The van der Waals surface area contributed by atoms with Crippen molar-refractivity contribution in [3.63, 3.8) is 0 Å². The number of nitrogens with one attached hydrogen (secondary N) is 1. The van der Waals surface area contributed by atoms with Crippen molar-refractivity contribution in [1.29, 1.82) is 0 Å². The molecule has 1 atom stereocenters. The van der Waals surface area contributed by atoms with Crippen molar-refractivity contribution in [2.75, 3.05) is 5.32 Å². The minimum Gasteiger partial charge on any atom is -0.478 e. The zero-order valence-electron chi connectivity index (χ0n) is 9.54. The maximum atomic E-state index is 13.5. The Labute approximate surface area is 102 Å². The van der Waals surface area contributed by atoms with Gasteiger partial charge in [-0.25, -0.2) is 13.6 Å². The number of primary amides is 1. The van der Waals surface area contributed by atoms with E-state index in [1.54, 1.807) is 0 Å². The third-order valence-corrected chi connectivity index (χ3v) is 2.19. The van der Waals surface area contributed by atoms with Crippen LogP contribution in [0.25, 0.3) is 0 Å². The summed E-state index contributed by atoms with van der Waals surface area (Å²) in [5, 5.41) is 11.0. The molecule has 0 aliphatic rings. The van der Waals surface area contributed by atoms with Gasteiger partial charge in [-0.2, -0.15) is 0 Å². The number of anilines is 1. The topological polar surface area (TPSA) is 92.4 Å². The number of benzene rings is 1. The van der Waals surface area contributed by atoms with E-state index in [1.165, 1.54) is 6.92 Å². The van der Waals surface area contributed by atoms with Gasteiger partial charge in [-0.1, -0.05) is 0 Å². The molecule has 1 rings (SSSR count). The van der Waals surface area contributed by atoms with Gasteiger partial charge in [-0.15, -0.1) is 0 Å². The van der Waals surface area contributed by atoms with Crippen molar-refractivity contribution in [2.24, 2.45) is 5.73 Å². The van der Waals surface area contributed by atoms with Crippen molar-refractivity contribution in [2.45, 2.75) is 19.4 Å². The first kappa shape index (κ1) is 13.9. The van der Waals surface area contributed by atoms with Crippen LogP contribution in [0.4, 0.5) is 14.5 Å². The van der Waals surface area contributed by atoms with Crippen LogP contribution in [0.5, 0.6) is 0 Å². The molecule has 0 heterocycles. The number of carbonyl (C=O) groups is 2. The fourth-order valence-electron chi connectivity index (χ4n) is 1.43. The van der Waals surface area contributed by atoms with Crippen molar-refractivity contribution >= 4 is 17.6 Å². The number of carboxylic acids is 1. The second-order valence-electron chi connectivity index (χ2n) is 3.84. The van der Waals surface area contributed by atoms with Crippen LogP contribution in [-0.4, -0.2) is 23.0 Å². The molecule has 18 heavy (non-hydrogen) atoms. The molecule has 5 nitrogen and oxygen atoms in total. The van der Waals surface area contributed by atoms with E-state index in [-0.39, 0.29) is 6.42 Å². The molecule has 0 radical (unpaired) electrons. The summed E-state index contributed by atoms with van der Waals surface area (Å²) >= 11 is 0. The Morgan fingerprint density at radius 3 is 2.28 bits per heavy atom. The summed E-state index contributed by atoms with van der Waals surface area (Å²) in [6.45, 7) is 1.52. The second kappa shape index (κ2) is 5.44. The SMILES string of the molecule is CC(CC(N)=O)Nc1c(F)cc(C(=O)O)cc1F. The van der Waals surface area contributed by atoms with Gasteiger partial charge in [0.15, 0.2) is 0 Å². The molecule has 1 unspecified atom stereocenters. The predicted molar refractivity (Wildman–Crippen MR) is 60.2 cm³/mol. The maximum absolute atomic E-state index is 13.5. The number of halogens is 2. The van der Waals surface area contributed by atoms with Crippen molar-refractivity contribution in [3.05, 3.63) is 29.3 Å². The molecule has 0 bridgehead atoms. The number of nitrogens with two attached hydrogens (primary N) is 1. The van der Waals surface area contributed by atoms with Gasteiger partial charge in [0.05, 0.1) is 5.56 Å². The fraction of sp³-hybridized carbons (Fsp3) is 0.273. The van der Waals surface area contributed by atoms with Crippen LogP contribution in [-0.2, 0) is 4.79 Å². The molecular weight excluding hydrogens is 246 g/mol. The van der Waals surface area contributed by atoms with E-state index in [0.717, 1.165) is 0 Å². The molecule has 98 valence electrons. The minimum atomic E-state index is -1.43. The summed E-state index contributed by atoms with van der Waals surface area (Å²) in [5.41, 5.74) is 3.98. The normalized spacial score (nSPS) is 11.9. The Morgan fingerprint density at radius 2 is 1.89 bits per heavy atom. The number of rotatable bonds is 5. The van der Waals surface area contributed by atoms with Crippen LogP contribution in [0.1, 0.15) is 23.7 Å². The maximum Gasteiger partial charge on any atom is 0.335 e. The summed E-state index contributed by atoms with van der Waals surface area (Å²) in [4.78, 5) is 21.2. The number of hydrogen-bond donors (Lipinski definition) is 3. The zero-order valence-corrected chi connectivity index (χ0v) is 9.54. The molecule has 0 saturated carbocycles. The van der Waals surface area contributed by atoms with Crippen LogP contribution in [0.15, 0.2) is 12.1 Å². The number of hydrogen-bond acceptors (Lipinski definition) is 3.